The van der Waals surface area contributed by atoms with Crippen LogP contribution in [0.1, 0.15) is 22.9 Å². The highest BCUT2D eigenvalue weighted by molar-refractivity contribution is 6.31. The Morgan fingerprint density at radius 3 is 2.58 bits per heavy atom. The zero-order valence-electron chi connectivity index (χ0n) is 18.0. The highest BCUT2D eigenvalue weighted by Gasteiger charge is 2.33. The molecule has 5 rings (SSSR count). The van der Waals surface area contributed by atoms with E-state index >= 15 is 0 Å². The second kappa shape index (κ2) is 9.39. The zero-order chi connectivity index (χ0) is 22.8. The fourth-order valence-corrected chi connectivity index (χ4v) is 4.56. The first-order valence-electron chi connectivity index (χ1n) is 11.0. The first kappa shape index (κ1) is 21.7. The van der Waals surface area contributed by atoms with Crippen LogP contribution in [-0.4, -0.2) is 51.5 Å². The van der Waals surface area contributed by atoms with E-state index in [-0.39, 0.29) is 31.8 Å². The van der Waals surface area contributed by atoms with Crippen molar-refractivity contribution in [3.05, 3.63) is 82.8 Å². The topological polar surface area (TPSA) is 94.5 Å². The maximum atomic E-state index is 9.26. The zero-order valence-corrected chi connectivity index (χ0v) is 18.7. The molecule has 0 spiro atoms. The van der Waals surface area contributed by atoms with Gasteiger partial charge in [0.15, 0.2) is 0 Å². The fraction of sp³-hybridized carbons (Fsp3) is 0.280. The summed E-state index contributed by atoms with van der Waals surface area (Å²) in [5.41, 5.74) is 4.51. The summed E-state index contributed by atoms with van der Waals surface area (Å²) in [6.45, 7) is 0.798. The number of benzene rings is 2. The maximum Gasteiger partial charge on any atom is 0.226 e. The van der Waals surface area contributed by atoms with Crippen molar-refractivity contribution in [3.63, 3.8) is 0 Å². The van der Waals surface area contributed by atoms with Gasteiger partial charge < -0.3 is 24.8 Å². The number of ether oxygens (including phenoxy) is 1. The molecule has 0 aliphatic carbocycles. The Morgan fingerprint density at radius 2 is 1.85 bits per heavy atom. The summed E-state index contributed by atoms with van der Waals surface area (Å²) in [6.07, 6.45) is 4.38. The van der Waals surface area contributed by atoms with E-state index in [1.165, 1.54) is 5.56 Å². The second-order valence-corrected chi connectivity index (χ2v) is 8.65. The van der Waals surface area contributed by atoms with E-state index in [0.29, 0.717) is 11.7 Å². The summed E-state index contributed by atoms with van der Waals surface area (Å²) >= 11 is 6.30. The van der Waals surface area contributed by atoms with E-state index in [9.17, 15) is 10.2 Å². The Hall–Kier alpha value is -3.13. The lowest BCUT2D eigenvalue weighted by Gasteiger charge is -2.36. The molecule has 1 aliphatic rings. The van der Waals surface area contributed by atoms with Gasteiger partial charge in [0.25, 0.3) is 0 Å². The van der Waals surface area contributed by atoms with Gasteiger partial charge in [-0.3, -0.25) is 0 Å². The number of aliphatic hydroxyl groups excluding tert-OH is 2. The monoisotopic (exact) mass is 464 g/mol. The van der Waals surface area contributed by atoms with Gasteiger partial charge in [0.05, 0.1) is 25.9 Å². The van der Waals surface area contributed by atoms with Crippen LogP contribution < -0.4 is 9.64 Å². The Bertz CT molecular complexity index is 1230. The third kappa shape index (κ3) is 4.27. The molecule has 0 fully saturated rings. The summed E-state index contributed by atoms with van der Waals surface area (Å²) < 4.78 is 5.75. The van der Waals surface area contributed by atoms with Crippen LogP contribution in [-0.2, 0) is 6.42 Å². The molecule has 1 unspecified atom stereocenters. The van der Waals surface area contributed by atoms with Crippen LogP contribution in [0.5, 0.6) is 5.75 Å². The summed E-state index contributed by atoms with van der Waals surface area (Å²) in [6, 6.07) is 15.6. The number of H-pyrrole nitrogens is 1. The number of nitrogens with zero attached hydrogens (tertiary/aromatic N) is 3. The molecule has 170 valence electrons. The largest absolute Gasteiger partial charge is 0.493 e. The summed E-state index contributed by atoms with van der Waals surface area (Å²) in [4.78, 5) is 14.9. The number of anilines is 1. The highest BCUT2D eigenvalue weighted by Crippen LogP contribution is 2.40. The van der Waals surface area contributed by atoms with Crippen molar-refractivity contribution in [2.24, 2.45) is 5.92 Å². The lowest BCUT2D eigenvalue weighted by Crippen LogP contribution is -2.37. The van der Waals surface area contributed by atoms with E-state index in [1.807, 2.05) is 48.5 Å². The molecule has 33 heavy (non-hydrogen) atoms. The van der Waals surface area contributed by atoms with Gasteiger partial charge in [-0.05, 0) is 53.9 Å². The van der Waals surface area contributed by atoms with Crippen molar-refractivity contribution < 1.29 is 14.9 Å². The van der Waals surface area contributed by atoms with Gasteiger partial charge in [0, 0.05) is 46.5 Å². The fourth-order valence-electron chi connectivity index (χ4n) is 4.39. The smallest absolute Gasteiger partial charge is 0.226 e. The van der Waals surface area contributed by atoms with Gasteiger partial charge in [0.2, 0.25) is 5.95 Å². The Balaban J connectivity index is 1.53. The van der Waals surface area contributed by atoms with E-state index < -0.39 is 0 Å². The molecule has 0 saturated carbocycles. The van der Waals surface area contributed by atoms with Crippen molar-refractivity contribution in [2.75, 3.05) is 31.3 Å². The van der Waals surface area contributed by atoms with Crippen LogP contribution in [0.4, 0.5) is 5.95 Å². The number of rotatable bonds is 7. The second-order valence-electron chi connectivity index (χ2n) is 8.21. The van der Waals surface area contributed by atoms with Gasteiger partial charge in [-0.25, -0.2) is 9.97 Å². The minimum absolute atomic E-state index is 0.0981. The molecule has 3 N–H and O–H groups in total. The Morgan fingerprint density at radius 1 is 1.09 bits per heavy atom. The molecule has 0 saturated heterocycles. The minimum atomic E-state index is -0.297. The van der Waals surface area contributed by atoms with Crippen LogP contribution in [0.2, 0.25) is 5.02 Å². The first-order chi connectivity index (χ1) is 16.2. The van der Waals surface area contributed by atoms with Crippen LogP contribution >= 0.6 is 11.6 Å². The number of aromatic nitrogens is 3. The van der Waals surface area contributed by atoms with Crippen molar-refractivity contribution in [1.29, 1.82) is 0 Å². The molecule has 0 amide bonds. The number of hydrogen-bond donors (Lipinski definition) is 3. The van der Waals surface area contributed by atoms with Gasteiger partial charge in [0.1, 0.15) is 5.75 Å². The van der Waals surface area contributed by atoms with Gasteiger partial charge in [-0.15, -0.1) is 0 Å². The standard InChI is InChI=1S/C25H25ClN4O3/c26-18-4-7-22-21(12-18)20-8-11-30(25-27-9-1-10-28-25)24(23(20)29-22)17-2-5-19(6-3-17)33-15-16(13-31)14-32/h1-7,9-10,12,16,24,29,31-32H,8,11,13-15H2. The lowest BCUT2D eigenvalue weighted by atomic mass is 9.92. The molecule has 3 heterocycles. The Labute approximate surface area is 196 Å². The van der Waals surface area contributed by atoms with Crippen LogP contribution in [0.25, 0.3) is 10.9 Å². The molecule has 0 radical (unpaired) electrons. The molecule has 1 aliphatic heterocycles. The predicted octanol–water partition coefficient (Wildman–Crippen LogP) is 3.74. The molecule has 7 nitrogen and oxygen atoms in total. The summed E-state index contributed by atoms with van der Waals surface area (Å²) in [5.74, 6) is 1.07. The van der Waals surface area contributed by atoms with E-state index in [2.05, 4.69) is 19.9 Å². The van der Waals surface area contributed by atoms with E-state index in [0.717, 1.165) is 40.1 Å². The van der Waals surface area contributed by atoms with Crippen LogP contribution in [0.3, 0.4) is 0 Å². The van der Waals surface area contributed by atoms with Crippen LogP contribution in [0.15, 0.2) is 60.9 Å². The molecule has 2 aromatic heterocycles. The van der Waals surface area contributed by atoms with Crippen molar-refractivity contribution in [1.82, 2.24) is 15.0 Å². The number of hydrogen-bond acceptors (Lipinski definition) is 6. The quantitative estimate of drug-likeness (QED) is 0.385. The van der Waals surface area contributed by atoms with E-state index in [4.69, 9.17) is 16.3 Å². The average molecular weight is 465 g/mol. The van der Waals surface area contributed by atoms with Crippen LogP contribution in [0, 0.1) is 5.92 Å². The van der Waals surface area contributed by atoms with E-state index in [1.54, 1.807) is 12.4 Å². The SMILES string of the molecule is OCC(CO)COc1ccc(C2c3[nH]c4ccc(Cl)cc4c3CCN2c2ncccn2)cc1. The Kier molecular flexibility index (Phi) is 6.17. The molecule has 2 aromatic carbocycles. The minimum Gasteiger partial charge on any atom is -0.493 e. The predicted molar refractivity (Wildman–Crippen MR) is 128 cm³/mol. The molecule has 1 atom stereocenters. The summed E-state index contributed by atoms with van der Waals surface area (Å²) in [5, 5.41) is 20.4. The number of fused-ring (bicyclic) bond motifs is 3. The van der Waals surface area contributed by atoms with Gasteiger partial charge in [-0.2, -0.15) is 0 Å². The number of aromatic amines is 1. The van der Waals surface area contributed by atoms with Gasteiger partial charge >= 0.3 is 0 Å². The lowest BCUT2D eigenvalue weighted by molar-refractivity contribution is 0.106. The number of halogens is 1. The normalized spacial score (nSPS) is 15.8. The van der Waals surface area contributed by atoms with Gasteiger partial charge in [-0.1, -0.05) is 23.7 Å². The average Bonchev–Trinajstić information content (AvgIpc) is 3.23. The molecule has 0 bridgehead atoms. The van der Waals surface area contributed by atoms with Crippen molar-refractivity contribution >= 4 is 28.5 Å². The molecular weight excluding hydrogens is 440 g/mol. The third-order valence-corrected chi connectivity index (χ3v) is 6.33. The van der Waals surface area contributed by atoms with Crippen molar-refractivity contribution in [3.8, 4) is 5.75 Å². The first-order valence-corrected chi connectivity index (χ1v) is 11.3. The number of nitrogens with one attached hydrogen (secondary N) is 1. The molecule has 8 heteroatoms. The third-order valence-electron chi connectivity index (χ3n) is 6.10. The number of aliphatic hydroxyl groups is 2. The maximum absolute atomic E-state index is 9.26. The summed E-state index contributed by atoms with van der Waals surface area (Å²) in [7, 11) is 0. The molecule has 4 aromatic rings. The highest BCUT2D eigenvalue weighted by atomic mass is 35.5. The molecular formula is C25H25ClN4O3. The van der Waals surface area contributed by atoms with Crippen molar-refractivity contribution in [2.45, 2.75) is 12.5 Å².